The molecule has 134 valence electrons. The Morgan fingerprint density at radius 1 is 1.08 bits per heavy atom. The zero-order valence-corrected chi connectivity index (χ0v) is 15.1. The quantitative estimate of drug-likeness (QED) is 0.780. The van der Waals surface area contributed by atoms with Gasteiger partial charge in [0, 0.05) is 6.04 Å². The number of hydrogen-bond acceptors (Lipinski definition) is 5. The van der Waals surface area contributed by atoms with Crippen LogP contribution in [0.3, 0.4) is 0 Å². The third kappa shape index (κ3) is 4.31. The van der Waals surface area contributed by atoms with Gasteiger partial charge in [0.25, 0.3) is 0 Å². The molecule has 5 heteroatoms. The van der Waals surface area contributed by atoms with Gasteiger partial charge in [0.2, 0.25) is 0 Å². The summed E-state index contributed by atoms with van der Waals surface area (Å²) in [6.07, 6.45) is 0. The summed E-state index contributed by atoms with van der Waals surface area (Å²) in [5, 5.41) is 0. The maximum atomic E-state index is 12.0. The number of carbonyl (C=O) groups excluding carboxylic acids is 1. The zero-order chi connectivity index (χ0) is 18.4. The van der Waals surface area contributed by atoms with Crippen LogP contribution >= 0.6 is 0 Å². The van der Waals surface area contributed by atoms with E-state index in [0.717, 1.165) is 11.1 Å². The standard InChI is InChI=1S/C20H25NO4/c1-20(2,19(22)24-4)18(21)15-10-11-16(17(12-15)23-3)25-13-14-8-6-5-7-9-14/h5-12,18H,13,21H2,1-4H3/t18-/m1/s1. The van der Waals surface area contributed by atoms with E-state index in [-0.39, 0.29) is 5.97 Å². The van der Waals surface area contributed by atoms with Crippen molar-refractivity contribution in [2.24, 2.45) is 11.1 Å². The molecule has 2 rings (SSSR count). The number of ether oxygens (including phenoxy) is 3. The maximum Gasteiger partial charge on any atom is 0.313 e. The van der Waals surface area contributed by atoms with E-state index in [1.807, 2.05) is 42.5 Å². The van der Waals surface area contributed by atoms with Crippen molar-refractivity contribution in [3.05, 3.63) is 59.7 Å². The second-order valence-corrected chi connectivity index (χ2v) is 6.38. The van der Waals surface area contributed by atoms with Crippen molar-refractivity contribution in [2.45, 2.75) is 26.5 Å². The monoisotopic (exact) mass is 343 g/mol. The summed E-state index contributed by atoms with van der Waals surface area (Å²) in [7, 11) is 2.93. The van der Waals surface area contributed by atoms with E-state index < -0.39 is 11.5 Å². The molecule has 1 atom stereocenters. The molecule has 0 bridgehead atoms. The summed E-state index contributed by atoms with van der Waals surface area (Å²) < 4.78 is 16.1. The van der Waals surface area contributed by atoms with Crippen molar-refractivity contribution in [2.75, 3.05) is 14.2 Å². The number of nitrogens with two attached hydrogens (primary N) is 1. The molecular formula is C20H25NO4. The van der Waals surface area contributed by atoms with Gasteiger partial charge in [-0.2, -0.15) is 0 Å². The fourth-order valence-electron chi connectivity index (χ4n) is 2.54. The molecule has 2 aromatic carbocycles. The molecular weight excluding hydrogens is 318 g/mol. The molecule has 0 aliphatic rings. The summed E-state index contributed by atoms with van der Waals surface area (Å²) in [5.41, 5.74) is 7.28. The molecule has 0 heterocycles. The van der Waals surface area contributed by atoms with Crippen LogP contribution in [0.5, 0.6) is 11.5 Å². The highest BCUT2D eigenvalue weighted by molar-refractivity contribution is 5.77. The van der Waals surface area contributed by atoms with Crippen molar-refractivity contribution in [1.29, 1.82) is 0 Å². The normalized spacial score (nSPS) is 12.4. The Kier molecular flexibility index (Phi) is 6.04. The van der Waals surface area contributed by atoms with Crippen LogP contribution in [0.25, 0.3) is 0 Å². The second-order valence-electron chi connectivity index (χ2n) is 6.38. The minimum Gasteiger partial charge on any atom is -0.493 e. The lowest BCUT2D eigenvalue weighted by Gasteiger charge is -2.29. The summed E-state index contributed by atoms with van der Waals surface area (Å²) in [6, 6.07) is 14.8. The molecule has 2 aromatic rings. The highest BCUT2D eigenvalue weighted by atomic mass is 16.5. The predicted molar refractivity (Wildman–Crippen MR) is 96.5 cm³/mol. The van der Waals surface area contributed by atoms with Crippen molar-refractivity contribution in [1.82, 2.24) is 0 Å². The smallest absolute Gasteiger partial charge is 0.313 e. The Bertz CT molecular complexity index is 713. The van der Waals surface area contributed by atoms with E-state index in [9.17, 15) is 4.79 Å². The fourth-order valence-corrected chi connectivity index (χ4v) is 2.54. The lowest BCUT2D eigenvalue weighted by molar-refractivity contribution is -0.152. The summed E-state index contributed by atoms with van der Waals surface area (Å²) >= 11 is 0. The first kappa shape index (κ1) is 18.8. The van der Waals surface area contributed by atoms with Crippen LogP contribution in [-0.4, -0.2) is 20.2 Å². The fraction of sp³-hybridized carbons (Fsp3) is 0.350. The van der Waals surface area contributed by atoms with Gasteiger partial charge in [0.1, 0.15) is 6.61 Å². The first-order chi connectivity index (χ1) is 11.9. The highest BCUT2D eigenvalue weighted by Crippen LogP contribution is 2.37. The van der Waals surface area contributed by atoms with E-state index in [0.29, 0.717) is 18.1 Å². The van der Waals surface area contributed by atoms with Gasteiger partial charge in [-0.1, -0.05) is 36.4 Å². The highest BCUT2D eigenvalue weighted by Gasteiger charge is 2.36. The molecule has 0 aliphatic carbocycles. The first-order valence-corrected chi connectivity index (χ1v) is 8.08. The summed E-state index contributed by atoms with van der Waals surface area (Å²) in [5.74, 6) is 0.839. The molecule has 0 fully saturated rings. The van der Waals surface area contributed by atoms with E-state index in [4.69, 9.17) is 19.9 Å². The molecule has 0 amide bonds. The second kappa shape index (κ2) is 8.03. The number of benzene rings is 2. The molecule has 25 heavy (non-hydrogen) atoms. The lowest BCUT2D eigenvalue weighted by Crippen LogP contribution is -2.37. The van der Waals surface area contributed by atoms with Crippen LogP contribution in [0, 0.1) is 5.41 Å². The number of esters is 1. The van der Waals surface area contributed by atoms with Gasteiger partial charge in [-0.05, 0) is 37.1 Å². The van der Waals surface area contributed by atoms with Gasteiger partial charge < -0.3 is 19.9 Å². The third-order valence-electron chi connectivity index (χ3n) is 4.27. The molecule has 0 spiro atoms. The van der Waals surface area contributed by atoms with Gasteiger partial charge in [-0.3, -0.25) is 4.79 Å². The van der Waals surface area contributed by atoms with Crippen LogP contribution in [-0.2, 0) is 16.1 Å². The maximum absolute atomic E-state index is 12.0. The van der Waals surface area contributed by atoms with Crippen LogP contribution in [0.15, 0.2) is 48.5 Å². The molecule has 0 saturated heterocycles. The summed E-state index contributed by atoms with van der Waals surface area (Å²) in [6.45, 7) is 3.96. The minimum atomic E-state index is -0.855. The van der Waals surface area contributed by atoms with Crippen molar-refractivity contribution >= 4 is 5.97 Å². The van der Waals surface area contributed by atoms with Gasteiger partial charge in [-0.25, -0.2) is 0 Å². The van der Waals surface area contributed by atoms with E-state index in [1.54, 1.807) is 27.0 Å². The SMILES string of the molecule is COC(=O)C(C)(C)[C@H](N)c1ccc(OCc2ccccc2)c(OC)c1. The average Bonchev–Trinajstić information content (AvgIpc) is 2.65. The van der Waals surface area contributed by atoms with Gasteiger partial charge in [-0.15, -0.1) is 0 Å². The van der Waals surface area contributed by atoms with Crippen LogP contribution < -0.4 is 15.2 Å². The summed E-state index contributed by atoms with van der Waals surface area (Å²) in [4.78, 5) is 12.0. The van der Waals surface area contributed by atoms with Crippen molar-refractivity contribution in [3.8, 4) is 11.5 Å². The Morgan fingerprint density at radius 3 is 2.36 bits per heavy atom. The number of rotatable bonds is 7. The Labute approximate surface area is 148 Å². The lowest BCUT2D eigenvalue weighted by atomic mass is 9.81. The molecule has 0 aromatic heterocycles. The largest absolute Gasteiger partial charge is 0.493 e. The number of hydrogen-bond donors (Lipinski definition) is 1. The molecule has 0 saturated carbocycles. The van der Waals surface area contributed by atoms with E-state index >= 15 is 0 Å². The van der Waals surface area contributed by atoms with E-state index in [2.05, 4.69) is 0 Å². The Balaban J connectivity index is 2.19. The number of carbonyl (C=O) groups is 1. The van der Waals surface area contributed by atoms with Crippen LogP contribution in [0.4, 0.5) is 0 Å². The Hall–Kier alpha value is -2.53. The van der Waals surface area contributed by atoms with Gasteiger partial charge in [0.05, 0.1) is 19.6 Å². The van der Waals surface area contributed by atoms with Crippen LogP contribution in [0.2, 0.25) is 0 Å². The number of methoxy groups -OCH3 is 2. The molecule has 0 unspecified atom stereocenters. The van der Waals surface area contributed by atoms with Gasteiger partial charge in [0.15, 0.2) is 11.5 Å². The van der Waals surface area contributed by atoms with Crippen LogP contribution in [0.1, 0.15) is 31.0 Å². The first-order valence-electron chi connectivity index (χ1n) is 8.08. The molecule has 0 radical (unpaired) electrons. The van der Waals surface area contributed by atoms with Crippen molar-refractivity contribution < 1.29 is 19.0 Å². The topological polar surface area (TPSA) is 70.8 Å². The molecule has 5 nitrogen and oxygen atoms in total. The Morgan fingerprint density at radius 2 is 1.76 bits per heavy atom. The van der Waals surface area contributed by atoms with E-state index in [1.165, 1.54) is 7.11 Å². The average molecular weight is 343 g/mol. The van der Waals surface area contributed by atoms with Gasteiger partial charge >= 0.3 is 5.97 Å². The van der Waals surface area contributed by atoms with Crippen molar-refractivity contribution in [3.63, 3.8) is 0 Å². The minimum absolute atomic E-state index is 0.358. The third-order valence-corrected chi connectivity index (χ3v) is 4.27. The predicted octanol–water partition coefficient (Wildman–Crippen LogP) is 3.47. The zero-order valence-electron chi connectivity index (χ0n) is 15.1. The molecule has 0 aliphatic heterocycles. The molecule has 2 N–H and O–H groups in total.